The molecule has 8 heteroatoms. The average Bonchev–Trinajstić information content (AvgIpc) is 3.07. The van der Waals surface area contributed by atoms with Crippen molar-refractivity contribution in [2.75, 3.05) is 36.1 Å². The number of benzene rings is 4. The zero-order valence-corrected chi connectivity index (χ0v) is 28.6. The average molecular weight is 649 g/mol. The Bertz CT molecular complexity index is 1650. The van der Waals surface area contributed by atoms with Crippen molar-refractivity contribution in [3.8, 4) is 0 Å². The highest BCUT2D eigenvalue weighted by Crippen LogP contribution is 2.33. The van der Waals surface area contributed by atoms with E-state index in [1.165, 1.54) is 28.2 Å². The predicted octanol–water partition coefficient (Wildman–Crippen LogP) is 6.84. The second-order valence-corrected chi connectivity index (χ2v) is 12.5. The number of ether oxygens (including phenoxy) is 2. The zero-order valence-electron chi connectivity index (χ0n) is 28.6. The fraction of sp³-hybridized carbons (Fsp3) is 0.350. The van der Waals surface area contributed by atoms with E-state index in [4.69, 9.17) is 9.47 Å². The van der Waals surface area contributed by atoms with Gasteiger partial charge < -0.3 is 29.9 Å². The van der Waals surface area contributed by atoms with Gasteiger partial charge in [-0.1, -0.05) is 60.7 Å². The number of hydrogen-bond donors (Lipinski definition) is 2. The summed E-state index contributed by atoms with van der Waals surface area (Å²) in [5, 5.41) is 5.74. The molecule has 0 saturated carbocycles. The molecule has 0 fully saturated rings. The van der Waals surface area contributed by atoms with E-state index in [1.54, 1.807) is 13.8 Å². The normalized spacial score (nSPS) is 17.6. The molecule has 2 unspecified atom stereocenters. The standard InChI is InChI=1S/2C20H24N2O2/c1-15-12-18-13-17(14-21-16(2)23)8-9-20(18)22(10-11-24-15)19-6-4-3-5-7-19;1-15-12-18-9-8-17(14-21-16(2)23)13-20(18)22(10-11-24-15)19-6-4-3-5-7-19/h2*3-9,13,15H,10-12,14H2,1-2H3,(H,21,23). The summed E-state index contributed by atoms with van der Waals surface area (Å²) in [5.74, 6) is -0.0203. The number of carbonyl (C=O) groups excluding carboxylic acids is 2. The number of para-hydroxylation sites is 2. The first kappa shape index (κ1) is 34.7. The second kappa shape index (κ2) is 16.9. The smallest absolute Gasteiger partial charge is 0.217 e. The van der Waals surface area contributed by atoms with Crippen molar-refractivity contribution < 1.29 is 19.1 Å². The fourth-order valence-corrected chi connectivity index (χ4v) is 6.19. The van der Waals surface area contributed by atoms with Crippen LogP contribution in [-0.4, -0.2) is 50.3 Å². The molecule has 6 rings (SSSR count). The molecule has 2 aliphatic heterocycles. The molecule has 0 aliphatic carbocycles. The molecule has 0 saturated heterocycles. The van der Waals surface area contributed by atoms with Gasteiger partial charge in [-0.25, -0.2) is 0 Å². The number of anilines is 4. The van der Waals surface area contributed by atoms with Crippen molar-refractivity contribution in [3.05, 3.63) is 119 Å². The van der Waals surface area contributed by atoms with Crippen molar-refractivity contribution in [2.45, 2.75) is 65.8 Å². The molecule has 2 N–H and O–H groups in total. The molecule has 4 aromatic rings. The van der Waals surface area contributed by atoms with Gasteiger partial charge in [0.05, 0.1) is 25.4 Å². The van der Waals surface area contributed by atoms with Crippen LogP contribution in [0, 0.1) is 0 Å². The Labute approximate surface area is 285 Å². The van der Waals surface area contributed by atoms with Gasteiger partial charge in [-0.15, -0.1) is 0 Å². The first-order valence-corrected chi connectivity index (χ1v) is 16.9. The molecule has 2 atom stereocenters. The summed E-state index contributed by atoms with van der Waals surface area (Å²) >= 11 is 0. The third-order valence-corrected chi connectivity index (χ3v) is 8.54. The Morgan fingerprint density at radius 2 is 1.10 bits per heavy atom. The summed E-state index contributed by atoms with van der Waals surface area (Å²) in [6.07, 6.45) is 2.16. The predicted molar refractivity (Wildman–Crippen MR) is 193 cm³/mol. The van der Waals surface area contributed by atoms with Gasteiger partial charge >= 0.3 is 0 Å². The number of rotatable bonds is 6. The summed E-state index contributed by atoms with van der Waals surface area (Å²) in [4.78, 5) is 27.0. The molecule has 8 nitrogen and oxygen atoms in total. The molecule has 48 heavy (non-hydrogen) atoms. The number of amides is 2. The van der Waals surface area contributed by atoms with Gasteiger partial charge in [-0.3, -0.25) is 9.59 Å². The minimum absolute atomic E-state index is 0.00986. The van der Waals surface area contributed by atoms with Crippen LogP contribution >= 0.6 is 0 Å². The number of hydrogen-bond acceptors (Lipinski definition) is 6. The fourth-order valence-electron chi connectivity index (χ4n) is 6.19. The molecule has 0 radical (unpaired) electrons. The highest BCUT2D eigenvalue weighted by Gasteiger charge is 2.21. The number of carbonyl (C=O) groups is 2. The highest BCUT2D eigenvalue weighted by molar-refractivity contribution is 5.74. The molecular weight excluding hydrogens is 600 g/mol. The summed E-state index contributed by atoms with van der Waals surface area (Å²) in [6.45, 7) is 11.5. The molecule has 2 heterocycles. The number of nitrogens with one attached hydrogen (secondary N) is 2. The van der Waals surface area contributed by atoms with Gasteiger partial charge in [0.25, 0.3) is 0 Å². The largest absolute Gasteiger partial charge is 0.376 e. The first-order chi connectivity index (χ1) is 23.3. The van der Waals surface area contributed by atoms with E-state index in [9.17, 15) is 9.59 Å². The maximum atomic E-state index is 11.2. The van der Waals surface area contributed by atoms with E-state index in [0.717, 1.165) is 42.7 Å². The molecule has 2 amide bonds. The second-order valence-electron chi connectivity index (χ2n) is 12.5. The maximum absolute atomic E-state index is 11.2. The Morgan fingerprint density at radius 1 is 0.625 bits per heavy atom. The van der Waals surface area contributed by atoms with E-state index in [1.807, 2.05) is 12.1 Å². The lowest BCUT2D eigenvalue weighted by molar-refractivity contribution is -0.120. The Balaban J connectivity index is 0.000000188. The molecule has 252 valence electrons. The van der Waals surface area contributed by atoms with E-state index < -0.39 is 0 Å². The minimum Gasteiger partial charge on any atom is -0.376 e. The molecule has 4 aromatic carbocycles. The van der Waals surface area contributed by atoms with E-state index in [2.05, 4.69) is 119 Å². The van der Waals surface area contributed by atoms with Crippen molar-refractivity contribution in [1.29, 1.82) is 0 Å². The van der Waals surface area contributed by atoms with E-state index in [0.29, 0.717) is 26.3 Å². The van der Waals surface area contributed by atoms with Crippen LogP contribution in [0.5, 0.6) is 0 Å². The number of fused-ring (bicyclic) bond motifs is 2. The van der Waals surface area contributed by atoms with Crippen molar-refractivity contribution in [2.24, 2.45) is 0 Å². The third kappa shape index (κ3) is 9.69. The monoisotopic (exact) mass is 648 g/mol. The van der Waals surface area contributed by atoms with Crippen LogP contribution in [0.2, 0.25) is 0 Å². The van der Waals surface area contributed by atoms with Crippen LogP contribution in [0.25, 0.3) is 0 Å². The zero-order chi connectivity index (χ0) is 33.9. The van der Waals surface area contributed by atoms with Gasteiger partial charge in [0, 0.05) is 75.6 Å². The quantitative estimate of drug-likeness (QED) is 0.238. The molecule has 0 spiro atoms. The van der Waals surface area contributed by atoms with E-state index >= 15 is 0 Å². The van der Waals surface area contributed by atoms with Crippen molar-refractivity contribution >= 4 is 34.6 Å². The maximum Gasteiger partial charge on any atom is 0.217 e. The van der Waals surface area contributed by atoms with Crippen LogP contribution in [0.1, 0.15) is 49.9 Å². The highest BCUT2D eigenvalue weighted by atomic mass is 16.5. The Hall–Kier alpha value is -4.66. The van der Waals surface area contributed by atoms with Gasteiger partial charge in [-0.05, 0) is 72.5 Å². The minimum atomic E-state index is -0.0105. The van der Waals surface area contributed by atoms with Crippen LogP contribution < -0.4 is 20.4 Å². The molecule has 0 bridgehead atoms. The van der Waals surface area contributed by atoms with E-state index in [-0.39, 0.29) is 24.0 Å². The van der Waals surface area contributed by atoms with Crippen LogP contribution in [0.4, 0.5) is 22.7 Å². The third-order valence-electron chi connectivity index (χ3n) is 8.54. The lowest BCUT2D eigenvalue weighted by atomic mass is 10.0. The topological polar surface area (TPSA) is 83.1 Å². The van der Waals surface area contributed by atoms with Crippen LogP contribution in [-0.2, 0) is 45.0 Å². The van der Waals surface area contributed by atoms with Crippen LogP contribution in [0.3, 0.4) is 0 Å². The molecular formula is C40H48N4O4. The summed E-state index contributed by atoms with van der Waals surface area (Å²) in [7, 11) is 0. The van der Waals surface area contributed by atoms with Crippen molar-refractivity contribution in [1.82, 2.24) is 10.6 Å². The lowest BCUT2D eigenvalue weighted by Crippen LogP contribution is -2.29. The van der Waals surface area contributed by atoms with Gasteiger partial charge in [0.15, 0.2) is 0 Å². The SMILES string of the molecule is CC(=O)NCc1ccc2c(c1)CC(C)OCCN2c1ccccc1.CC(=O)NCc1ccc2c(c1)N(c1ccccc1)CCOC(C)C2. The molecule has 2 aliphatic rings. The molecule has 0 aromatic heterocycles. The Kier molecular flexibility index (Phi) is 12.2. The van der Waals surface area contributed by atoms with Gasteiger partial charge in [0.1, 0.15) is 0 Å². The van der Waals surface area contributed by atoms with Crippen LogP contribution in [0.15, 0.2) is 97.1 Å². The summed E-state index contributed by atoms with van der Waals surface area (Å²) in [6, 6.07) is 33.7. The summed E-state index contributed by atoms with van der Waals surface area (Å²) in [5.41, 5.74) is 9.53. The summed E-state index contributed by atoms with van der Waals surface area (Å²) < 4.78 is 11.8. The number of nitrogens with zero attached hydrogens (tertiary/aromatic N) is 2. The van der Waals surface area contributed by atoms with Gasteiger partial charge in [0.2, 0.25) is 11.8 Å². The van der Waals surface area contributed by atoms with Crippen molar-refractivity contribution in [3.63, 3.8) is 0 Å². The Morgan fingerprint density at radius 3 is 1.65 bits per heavy atom. The lowest BCUT2D eigenvalue weighted by Gasteiger charge is -2.31. The first-order valence-electron chi connectivity index (χ1n) is 16.9. The van der Waals surface area contributed by atoms with Gasteiger partial charge in [-0.2, -0.15) is 0 Å².